The summed E-state index contributed by atoms with van der Waals surface area (Å²) in [5.74, 6) is 2.18. The summed E-state index contributed by atoms with van der Waals surface area (Å²) in [4.78, 5) is 16.8. The molecule has 1 aliphatic carbocycles. The Morgan fingerprint density at radius 2 is 1.83 bits per heavy atom. The minimum atomic E-state index is 0.939. The molecule has 0 atom stereocenters. The van der Waals surface area contributed by atoms with Gasteiger partial charge in [0, 0.05) is 23.5 Å². The average molecular weight is 404 g/mol. The molecule has 148 valence electrons. The number of anilines is 2. The third kappa shape index (κ3) is 3.01. The molecular formula is C23H25N5S. The van der Waals surface area contributed by atoms with Crippen molar-refractivity contribution in [3.63, 3.8) is 0 Å². The third-order valence-electron chi connectivity index (χ3n) is 6.37. The first kappa shape index (κ1) is 17.4. The van der Waals surface area contributed by atoms with Crippen molar-refractivity contribution in [3.8, 4) is 0 Å². The van der Waals surface area contributed by atoms with Crippen molar-refractivity contribution in [1.82, 2.24) is 19.5 Å². The van der Waals surface area contributed by atoms with Gasteiger partial charge in [-0.15, -0.1) is 11.3 Å². The fourth-order valence-corrected chi connectivity index (χ4v) is 6.15. The highest BCUT2D eigenvalue weighted by Gasteiger charge is 2.19. The number of hydrogen-bond donors (Lipinski definition) is 1. The number of imidazole rings is 1. The van der Waals surface area contributed by atoms with Gasteiger partial charge < -0.3 is 9.88 Å². The van der Waals surface area contributed by atoms with E-state index in [-0.39, 0.29) is 0 Å². The summed E-state index contributed by atoms with van der Waals surface area (Å²) in [6, 6.07) is 6.56. The van der Waals surface area contributed by atoms with Crippen LogP contribution >= 0.6 is 11.3 Å². The molecule has 29 heavy (non-hydrogen) atoms. The predicted molar refractivity (Wildman–Crippen MR) is 119 cm³/mol. The number of rotatable bonds is 2. The van der Waals surface area contributed by atoms with E-state index in [2.05, 4.69) is 38.1 Å². The molecule has 2 aliphatic rings. The van der Waals surface area contributed by atoms with Crippen molar-refractivity contribution >= 4 is 44.1 Å². The molecule has 4 aromatic rings. The summed E-state index contributed by atoms with van der Waals surface area (Å²) < 4.78 is 2.41. The molecule has 0 saturated carbocycles. The molecule has 5 nitrogen and oxygen atoms in total. The van der Waals surface area contributed by atoms with Crippen LogP contribution in [0.2, 0.25) is 0 Å². The molecule has 1 aliphatic heterocycles. The van der Waals surface area contributed by atoms with Gasteiger partial charge in [-0.05, 0) is 62.3 Å². The normalized spacial score (nSPS) is 17.0. The van der Waals surface area contributed by atoms with Crippen molar-refractivity contribution in [3.05, 3.63) is 40.8 Å². The van der Waals surface area contributed by atoms with Crippen LogP contribution in [0.1, 0.15) is 54.8 Å². The van der Waals surface area contributed by atoms with Crippen molar-refractivity contribution in [2.24, 2.45) is 0 Å². The molecule has 4 heterocycles. The summed E-state index contributed by atoms with van der Waals surface area (Å²) in [7, 11) is 0. The minimum Gasteiger partial charge on any atom is -0.340 e. The predicted octanol–water partition coefficient (Wildman–Crippen LogP) is 5.78. The number of nitrogens with zero attached hydrogens (tertiary/aromatic N) is 4. The second kappa shape index (κ2) is 7.10. The van der Waals surface area contributed by atoms with Crippen LogP contribution in [0.3, 0.4) is 0 Å². The summed E-state index contributed by atoms with van der Waals surface area (Å²) in [5.41, 5.74) is 4.87. The van der Waals surface area contributed by atoms with E-state index < -0.39 is 0 Å². The number of nitrogens with one attached hydrogen (secondary N) is 1. The van der Waals surface area contributed by atoms with Gasteiger partial charge >= 0.3 is 0 Å². The van der Waals surface area contributed by atoms with E-state index in [1.54, 1.807) is 6.33 Å². The Balaban J connectivity index is 1.40. The van der Waals surface area contributed by atoms with Crippen LogP contribution in [0, 0.1) is 0 Å². The van der Waals surface area contributed by atoms with Crippen LogP contribution in [0.15, 0.2) is 24.5 Å². The largest absolute Gasteiger partial charge is 0.340 e. The van der Waals surface area contributed by atoms with E-state index in [4.69, 9.17) is 4.98 Å². The standard InChI is InChI=1S/C23H25N5S/c1-3-7-16-19(8-4-1)29-23-21(16)22(24-14-25-23)26-15-10-11-18-17(13-15)27-20-9-5-2-6-12-28(18)20/h10-11,13-14H,1-9,12H2,(H,24,25,26). The lowest BCUT2D eigenvalue weighted by Gasteiger charge is -2.09. The Labute approximate surface area is 174 Å². The highest BCUT2D eigenvalue weighted by Crippen LogP contribution is 2.38. The van der Waals surface area contributed by atoms with Gasteiger partial charge in [-0.2, -0.15) is 0 Å². The van der Waals surface area contributed by atoms with Crippen LogP contribution in [0.4, 0.5) is 11.5 Å². The SMILES string of the molecule is c1nc(Nc2ccc3c(c2)nc2n3CCCCC2)c2c3c(sc2n1)CCCCC3. The van der Waals surface area contributed by atoms with Crippen molar-refractivity contribution in [1.29, 1.82) is 0 Å². The minimum absolute atomic E-state index is 0.939. The van der Waals surface area contributed by atoms with E-state index in [0.717, 1.165) is 41.2 Å². The summed E-state index contributed by atoms with van der Waals surface area (Å²) in [6.45, 7) is 1.09. The monoisotopic (exact) mass is 403 g/mol. The lowest BCUT2D eigenvalue weighted by atomic mass is 10.1. The number of aromatic nitrogens is 4. The molecule has 6 rings (SSSR count). The van der Waals surface area contributed by atoms with E-state index in [1.807, 2.05) is 11.3 Å². The van der Waals surface area contributed by atoms with Crippen LogP contribution in [-0.2, 0) is 25.8 Å². The second-order valence-corrected chi connectivity index (χ2v) is 9.37. The Hall–Kier alpha value is -2.47. The number of benzene rings is 1. The number of fused-ring (bicyclic) bond motifs is 6. The molecule has 0 amide bonds. The van der Waals surface area contributed by atoms with Crippen LogP contribution in [0.5, 0.6) is 0 Å². The van der Waals surface area contributed by atoms with Crippen LogP contribution < -0.4 is 5.32 Å². The number of thiophene rings is 1. The molecular weight excluding hydrogens is 378 g/mol. The van der Waals surface area contributed by atoms with Gasteiger partial charge in [-0.3, -0.25) is 0 Å². The first-order chi connectivity index (χ1) is 14.4. The molecule has 3 aromatic heterocycles. The molecule has 0 bridgehead atoms. The molecule has 0 spiro atoms. The Morgan fingerprint density at radius 1 is 0.931 bits per heavy atom. The van der Waals surface area contributed by atoms with E-state index in [1.165, 1.54) is 72.1 Å². The van der Waals surface area contributed by atoms with Crippen molar-refractivity contribution in [2.45, 2.75) is 64.3 Å². The molecule has 0 unspecified atom stereocenters. The van der Waals surface area contributed by atoms with Gasteiger partial charge in [-0.1, -0.05) is 12.8 Å². The van der Waals surface area contributed by atoms with Crippen molar-refractivity contribution < 1.29 is 0 Å². The maximum Gasteiger partial charge on any atom is 0.142 e. The molecule has 6 heteroatoms. The van der Waals surface area contributed by atoms with Crippen LogP contribution in [0.25, 0.3) is 21.3 Å². The molecule has 0 saturated heterocycles. The zero-order valence-electron chi connectivity index (χ0n) is 16.6. The Kier molecular flexibility index (Phi) is 4.26. The zero-order chi connectivity index (χ0) is 19.2. The molecule has 0 radical (unpaired) electrons. The van der Waals surface area contributed by atoms with Gasteiger partial charge in [0.1, 0.15) is 22.8 Å². The highest BCUT2D eigenvalue weighted by atomic mass is 32.1. The quantitative estimate of drug-likeness (QED) is 0.431. The first-order valence-electron chi connectivity index (χ1n) is 10.9. The van der Waals surface area contributed by atoms with Crippen molar-refractivity contribution in [2.75, 3.05) is 5.32 Å². The maximum atomic E-state index is 4.94. The zero-order valence-corrected chi connectivity index (χ0v) is 17.4. The summed E-state index contributed by atoms with van der Waals surface area (Å²) in [6.07, 6.45) is 12.8. The fraction of sp³-hybridized carbons (Fsp3) is 0.435. The molecule has 0 fully saturated rings. The van der Waals surface area contributed by atoms with Gasteiger partial charge in [0.05, 0.1) is 16.4 Å². The lowest BCUT2D eigenvalue weighted by Crippen LogP contribution is -2.00. The lowest BCUT2D eigenvalue weighted by molar-refractivity contribution is 0.647. The summed E-state index contributed by atoms with van der Waals surface area (Å²) >= 11 is 1.85. The number of aryl methyl sites for hydroxylation is 4. The number of hydrogen-bond acceptors (Lipinski definition) is 5. The Bertz CT molecular complexity index is 1210. The Morgan fingerprint density at radius 3 is 2.83 bits per heavy atom. The second-order valence-electron chi connectivity index (χ2n) is 8.29. The van der Waals surface area contributed by atoms with Gasteiger partial charge in [0.15, 0.2) is 0 Å². The fourth-order valence-electron chi connectivity index (χ4n) is 4.93. The van der Waals surface area contributed by atoms with E-state index in [9.17, 15) is 0 Å². The summed E-state index contributed by atoms with van der Waals surface area (Å²) in [5, 5.41) is 4.83. The van der Waals surface area contributed by atoms with Crippen LogP contribution in [-0.4, -0.2) is 19.5 Å². The highest BCUT2D eigenvalue weighted by molar-refractivity contribution is 7.18. The van der Waals surface area contributed by atoms with Gasteiger partial charge in [0.25, 0.3) is 0 Å². The maximum absolute atomic E-state index is 4.94. The molecule has 1 N–H and O–H groups in total. The topological polar surface area (TPSA) is 55.6 Å². The van der Waals surface area contributed by atoms with E-state index >= 15 is 0 Å². The average Bonchev–Trinajstić information content (AvgIpc) is 3.03. The first-order valence-corrected chi connectivity index (χ1v) is 11.7. The third-order valence-corrected chi connectivity index (χ3v) is 7.57. The smallest absolute Gasteiger partial charge is 0.142 e. The van der Waals surface area contributed by atoms with E-state index in [0.29, 0.717) is 0 Å². The molecule has 1 aromatic carbocycles. The van der Waals surface area contributed by atoms with Gasteiger partial charge in [-0.25, -0.2) is 15.0 Å². The van der Waals surface area contributed by atoms with Gasteiger partial charge in [0.2, 0.25) is 0 Å².